The van der Waals surface area contributed by atoms with Gasteiger partial charge in [0, 0.05) is 36.6 Å². The summed E-state index contributed by atoms with van der Waals surface area (Å²) in [6.45, 7) is 3.25. The van der Waals surface area contributed by atoms with E-state index in [-0.39, 0.29) is 18.4 Å². The summed E-state index contributed by atoms with van der Waals surface area (Å²) in [5.41, 5.74) is 4.05. The zero-order chi connectivity index (χ0) is 24.4. The molecule has 0 aliphatic carbocycles. The zero-order valence-electron chi connectivity index (χ0n) is 19.5. The summed E-state index contributed by atoms with van der Waals surface area (Å²) in [7, 11) is 1.66. The van der Waals surface area contributed by atoms with Crippen LogP contribution < -0.4 is 15.0 Å². The van der Waals surface area contributed by atoms with Gasteiger partial charge in [-0.05, 0) is 42.8 Å². The molecule has 2 amide bonds. The van der Waals surface area contributed by atoms with E-state index < -0.39 is 12.1 Å². The minimum atomic E-state index is -0.868. The molecule has 2 aliphatic heterocycles. The first-order valence-electron chi connectivity index (χ1n) is 11.4. The van der Waals surface area contributed by atoms with Crippen LogP contribution in [0.1, 0.15) is 22.5 Å². The standard InChI is InChI=1S/C26H25N5O4/c1-17-4-3-5-21(28-17)10-20-12-27-31(13-20)26(33)29-22-16-35-24-9-8-18(6-7-19-14-34-15-19)11-23(24)30(2)25(22)32/h3-5,8-9,11-13,19,22H,10,14-16H2,1-2H3,(H,29,33). The molecule has 1 unspecified atom stereocenters. The summed E-state index contributed by atoms with van der Waals surface area (Å²) in [5.74, 6) is 6.82. The van der Waals surface area contributed by atoms with Crippen molar-refractivity contribution in [2.24, 2.45) is 5.92 Å². The Bertz CT molecular complexity index is 1330. The van der Waals surface area contributed by atoms with Crippen molar-refractivity contribution in [2.45, 2.75) is 19.4 Å². The number of hydrogen-bond acceptors (Lipinski definition) is 6. The number of nitrogens with zero attached hydrogens (tertiary/aromatic N) is 4. The van der Waals surface area contributed by atoms with Crippen LogP contribution in [0.4, 0.5) is 10.5 Å². The molecule has 0 spiro atoms. The van der Waals surface area contributed by atoms with E-state index in [1.807, 2.05) is 37.3 Å². The van der Waals surface area contributed by atoms with Crippen molar-refractivity contribution in [3.8, 4) is 17.6 Å². The van der Waals surface area contributed by atoms with E-state index in [2.05, 4.69) is 27.2 Å². The highest BCUT2D eigenvalue weighted by atomic mass is 16.5. The Balaban J connectivity index is 1.26. The Morgan fingerprint density at radius 3 is 2.86 bits per heavy atom. The maximum absolute atomic E-state index is 13.1. The van der Waals surface area contributed by atoms with Crippen molar-refractivity contribution in [2.75, 3.05) is 31.8 Å². The van der Waals surface area contributed by atoms with Crippen LogP contribution in [0.5, 0.6) is 5.75 Å². The number of nitrogens with one attached hydrogen (secondary N) is 1. The number of amides is 2. The lowest BCUT2D eigenvalue weighted by Gasteiger charge is -2.21. The minimum Gasteiger partial charge on any atom is -0.489 e. The molecule has 1 fully saturated rings. The number of anilines is 1. The average molecular weight is 472 g/mol. The number of carbonyl (C=O) groups excluding carboxylic acids is 2. The first-order chi connectivity index (χ1) is 17.0. The van der Waals surface area contributed by atoms with Crippen LogP contribution in [0, 0.1) is 24.7 Å². The number of aromatic nitrogens is 3. The number of ether oxygens (including phenoxy) is 2. The molecule has 4 heterocycles. The number of rotatable bonds is 3. The fourth-order valence-corrected chi connectivity index (χ4v) is 3.87. The van der Waals surface area contributed by atoms with Gasteiger partial charge in [0.1, 0.15) is 18.4 Å². The van der Waals surface area contributed by atoms with Gasteiger partial charge in [-0.3, -0.25) is 9.78 Å². The lowest BCUT2D eigenvalue weighted by molar-refractivity contribution is -0.120. The molecule has 178 valence electrons. The first kappa shape index (κ1) is 22.6. The van der Waals surface area contributed by atoms with Gasteiger partial charge in [-0.15, -0.1) is 0 Å². The summed E-state index contributed by atoms with van der Waals surface area (Å²) in [6.07, 6.45) is 3.81. The van der Waals surface area contributed by atoms with E-state index in [0.29, 0.717) is 31.1 Å². The van der Waals surface area contributed by atoms with E-state index >= 15 is 0 Å². The Hall–Kier alpha value is -4.16. The summed E-state index contributed by atoms with van der Waals surface area (Å²) in [4.78, 5) is 31.9. The van der Waals surface area contributed by atoms with Crippen molar-refractivity contribution in [1.82, 2.24) is 20.1 Å². The molecular formula is C26H25N5O4. The number of aryl methyl sites for hydroxylation is 1. The highest BCUT2D eigenvalue weighted by Gasteiger charge is 2.31. The molecule has 3 aromatic rings. The summed E-state index contributed by atoms with van der Waals surface area (Å²) in [5, 5.41) is 6.89. The molecule has 35 heavy (non-hydrogen) atoms. The van der Waals surface area contributed by atoms with E-state index in [4.69, 9.17) is 9.47 Å². The molecule has 2 aliphatic rings. The smallest absolute Gasteiger partial charge is 0.342 e. The molecule has 2 aromatic heterocycles. The maximum Gasteiger partial charge on any atom is 0.342 e. The van der Waals surface area contributed by atoms with E-state index in [1.54, 1.807) is 25.5 Å². The van der Waals surface area contributed by atoms with Crippen LogP contribution in [-0.4, -0.2) is 59.6 Å². The number of likely N-dealkylation sites (N-methyl/N-ethyl adjacent to an activating group) is 1. The molecule has 1 saturated heterocycles. The van der Waals surface area contributed by atoms with Gasteiger partial charge < -0.3 is 19.7 Å². The fourth-order valence-electron chi connectivity index (χ4n) is 3.87. The quantitative estimate of drug-likeness (QED) is 0.588. The predicted octanol–water partition coefficient (Wildman–Crippen LogP) is 2.16. The van der Waals surface area contributed by atoms with Crippen LogP contribution in [0.3, 0.4) is 0 Å². The van der Waals surface area contributed by atoms with Crippen LogP contribution in [0.15, 0.2) is 48.8 Å². The van der Waals surface area contributed by atoms with Gasteiger partial charge in [0.2, 0.25) is 0 Å². The van der Waals surface area contributed by atoms with Crippen LogP contribution >= 0.6 is 0 Å². The van der Waals surface area contributed by atoms with Crippen LogP contribution in [0.25, 0.3) is 0 Å². The highest BCUT2D eigenvalue weighted by Crippen LogP contribution is 2.31. The number of pyridine rings is 1. The van der Waals surface area contributed by atoms with Crippen molar-refractivity contribution in [3.05, 3.63) is 71.3 Å². The van der Waals surface area contributed by atoms with Crippen LogP contribution in [-0.2, 0) is 16.0 Å². The van der Waals surface area contributed by atoms with Gasteiger partial charge in [-0.2, -0.15) is 9.78 Å². The average Bonchev–Trinajstić information content (AvgIpc) is 3.24. The summed E-state index contributed by atoms with van der Waals surface area (Å²) >= 11 is 0. The zero-order valence-corrected chi connectivity index (χ0v) is 19.5. The number of carbonyl (C=O) groups is 2. The third-order valence-electron chi connectivity index (χ3n) is 5.89. The van der Waals surface area contributed by atoms with Crippen molar-refractivity contribution >= 4 is 17.6 Å². The van der Waals surface area contributed by atoms with Gasteiger partial charge in [0.25, 0.3) is 5.91 Å². The lowest BCUT2D eigenvalue weighted by Crippen LogP contribution is -2.50. The van der Waals surface area contributed by atoms with Gasteiger partial charge >= 0.3 is 6.03 Å². The van der Waals surface area contributed by atoms with Crippen molar-refractivity contribution in [1.29, 1.82) is 0 Å². The van der Waals surface area contributed by atoms with Crippen molar-refractivity contribution < 1.29 is 19.1 Å². The number of benzene rings is 1. The normalized spacial score (nSPS) is 17.4. The number of fused-ring (bicyclic) bond motifs is 1. The SMILES string of the molecule is Cc1cccc(Cc2cnn(C(=O)NC3COc4ccc(C#CC5COC5)cc4N(C)C3=O)c2)n1. The van der Waals surface area contributed by atoms with E-state index in [0.717, 1.165) is 22.5 Å². The second kappa shape index (κ2) is 9.60. The Labute approximate surface area is 203 Å². The minimum absolute atomic E-state index is 0.00763. The molecule has 0 radical (unpaired) electrons. The summed E-state index contributed by atoms with van der Waals surface area (Å²) < 4.78 is 12.2. The summed E-state index contributed by atoms with van der Waals surface area (Å²) in [6, 6.07) is 9.90. The first-order valence-corrected chi connectivity index (χ1v) is 11.4. The maximum atomic E-state index is 13.1. The van der Waals surface area contributed by atoms with Gasteiger partial charge in [0.15, 0.2) is 0 Å². The molecule has 0 bridgehead atoms. The fraction of sp³-hybridized carbons (Fsp3) is 0.308. The molecular weight excluding hydrogens is 446 g/mol. The van der Waals surface area contributed by atoms with Gasteiger partial charge in [0.05, 0.1) is 31.0 Å². The molecule has 1 atom stereocenters. The molecule has 1 aromatic carbocycles. The number of hydrogen-bond donors (Lipinski definition) is 1. The van der Waals surface area contributed by atoms with Crippen LogP contribution in [0.2, 0.25) is 0 Å². The molecule has 0 saturated carbocycles. The predicted molar refractivity (Wildman–Crippen MR) is 128 cm³/mol. The highest BCUT2D eigenvalue weighted by molar-refractivity contribution is 6.00. The second-order valence-electron chi connectivity index (χ2n) is 8.64. The Morgan fingerprint density at radius 2 is 2.09 bits per heavy atom. The lowest BCUT2D eigenvalue weighted by atomic mass is 10.1. The topological polar surface area (TPSA) is 98.6 Å². The molecule has 5 rings (SSSR count). The second-order valence-corrected chi connectivity index (χ2v) is 8.64. The third-order valence-corrected chi connectivity index (χ3v) is 5.89. The Morgan fingerprint density at radius 1 is 1.23 bits per heavy atom. The largest absolute Gasteiger partial charge is 0.489 e. The molecule has 1 N–H and O–H groups in total. The van der Waals surface area contributed by atoms with Crippen molar-refractivity contribution in [3.63, 3.8) is 0 Å². The van der Waals surface area contributed by atoms with Gasteiger partial charge in [-0.25, -0.2) is 4.79 Å². The molecule has 9 heteroatoms. The third kappa shape index (κ3) is 5.03. The van der Waals surface area contributed by atoms with Gasteiger partial charge in [-0.1, -0.05) is 17.9 Å². The Kier molecular flexibility index (Phi) is 6.21. The monoisotopic (exact) mass is 471 g/mol. The molecule has 9 nitrogen and oxygen atoms in total. The van der Waals surface area contributed by atoms with E-state index in [9.17, 15) is 9.59 Å². The van der Waals surface area contributed by atoms with E-state index in [1.165, 1.54) is 9.58 Å².